The SMILES string of the molecule is CC(C)(C)OC(=O)C(=Cc1ccccc1)C(=O)c1ccccc1. The molecule has 0 aliphatic carbocycles. The molecule has 0 unspecified atom stereocenters. The van der Waals surface area contributed by atoms with Gasteiger partial charge in [-0.05, 0) is 32.4 Å². The maximum Gasteiger partial charge on any atom is 0.342 e. The van der Waals surface area contributed by atoms with Crippen LogP contribution >= 0.6 is 0 Å². The molecule has 0 N–H and O–H groups in total. The highest BCUT2D eigenvalue weighted by Crippen LogP contribution is 2.18. The predicted octanol–water partition coefficient (Wildman–Crippen LogP) is 4.29. The standard InChI is InChI=1S/C20H20O3/c1-20(2,3)23-19(22)17(14-15-10-6-4-7-11-15)18(21)16-12-8-5-9-13-16/h4-14H,1-3H3. The number of ketones is 1. The van der Waals surface area contributed by atoms with Crippen LogP contribution in [-0.2, 0) is 9.53 Å². The maximum atomic E-state index is 12.7. The summed E-state index contributed by atoms with van der Waals surface area (Å²) in [7, 11) is 0. The van der Waals surface area contributed by atoms with Crippen LogP contribution in [0.2, 0.25) is 0 Å². The van der Waals surface area contributed by atoms with Crippen molar-refractivity contribution >= 4 is 17.8 Å². The van der Waals surface area contributed by atoms with E-state index in [0.717, 1.165) is 5.56 Å². The number of carbonyl (C=O) groups is 2. The highest BCUT2D eigenvalue weighted by molar-refractivity contribution is 6.26. The minimum absolute atomic E-state index is 0.0253. The van der Waals surface area contributed by atoms with Crippen LogP contribution in [0.5, 0.6) is 0 Å². The van der Waals surface area contributed by atoms with Crippen LogP contribution in [0.1, 0.15) is 36.7 Å². The summed E-state index contributed by atoms with van der Waals surface area (Å²) >= 11 is 0. The van der Waals surface area contributed by atoms with Crippen molar-refractivity contribution in [1.82, 2.24) is 0 Å². The zero-order valence-corrected chi connectivity index (χ0v) is 13.6. The molecule has 2 aromatic carbocycles. The molecule has 23 heavy (non-hydrogen) atoms. The molecule has 3 heteroatoms. The summed E-state index contributed by atoms with van der Waals surface area (Å²) in [6.45, 7) is 5.33. The molecule has 0 heterocycles. The lowest BCUT2D eigenvalue weighted by Gasteiger charge is -2.20. The van der Waals surface area contributed by atoms with Gasteiger partial charge in [-0.15, -0.1) is 0 Å². The van der Waals surface area contributed by atoms with E-state index in [1.54, 1.807) is 51.1 Å². The number of Topliss-reactive ketones (excluding diaryl/α,β-unsaturated/α-hetero) is 1. The normalized spacial score (nSPS) is 11.9. The highest BCUT2D eigenvalue weighted by atomic mass is 16.6. The molecular weight excluding hydrogens is 288 g/mol. The third-order valence-electron chi connectivity index (χ3n) is 3.01. The summed E-state index contributed by atoms with van der Waals surface area (Å²) in [5.41, 5.74) is 0.597. The van der Waals surface area contributed by atoms with E-state index in [1.165, 1.54) is 0 Å². The Balaban J connectivity index is 2.41. The van der Waals surface area contributed by atoms with Crippen molar-refractivity contribution in [1.29, 1.82) is 0 Å². The Morgan fingerprint density at radius 3 is 1.91 bits per heavy atom. The topological polar surface area (TPSA) is 43.4 Å². The molecule has 0 aromatic heterocycles. The van der Waals surface area contributed by atoms with Gasteiger partial charge in [0.1, 0.15) is 11.2 Å². The summed E-state index contributed by atoms with van der Waals surface area (Å²) < 4.78 is 5.39. The molecule has 2 aromatic rings. The van der Waals surface area contributed by atoms with Crippen LogP contribution < -0.4 is 0 Å². The zero-order valence-electron chi connectivity index (χ0n) is 13.6. The third-order valence-corrected chi connectivity index (χ3v) is 3.01. The van der Waals surface area contributed by atoms with E-state index >= 15 is 0 Å². The molecule has 0 bridgehead atoms. The van der Waals surface area contributed by atoms with Gasteiger partial charge in [-0.3, -0.25) is 4.79 Å². The second-order valence-corrected chi connectivity index (χ2v) is 6.17. The van der Waals surface area contributed by atoms with E-state index in [1.807, 2.05) is 36.4 Å². The molecule has 0 saturated carbocycles. The molecule has 0 spiro atoms. The van der Waals surface area contributed by atoms with Crippen LogP contribution in [0.4, 0.5) is 0 Å². The summed E-state index contributed by atoms with van der Waals surface area (Å²) in [6, 6.07) is 18.0. The molecule has 2 rings (SSSR count). The zero-order chi connectivity index (χ0) is 16.9. The number of benzene rings is 2. The summed E-state index contributed by atoms with van der Waals surface area (Å²) in [6.07, 6.45) is 1.57. The average Bonchev–Trinajstić information content (AvgIpc) is 2.52. The second kappa shape index (κ2) is 7.05. The Morgan fingerprint density at radius 1 is 0.870 bits per heavy atom. The number of rotatable bonds is 4. The first-order chi connectivity index (χ1) is 10.9. The van der Waals surface area contributed by atoms with Crippen LogP contribution in [0, 0.1) is 0 Å². The average molecular weight is 308 g/mol. The smallest absolute Gasteiger partial charge is 0.342 e. The van der Waals surface area contributed by atoms with Gasteiger partial charge >= 0.3 is 5.97 Å². The van der Waals surface area contributed by atoms with E-state index in [9.17, 15) is 9.59 Å². The summed E-state index contributed by atoms with van der Waals surface area (Å²) in [4.78, 5) is 25.2. The lowest BCUT2D eigenvalue weighted by Crippen LogP contribution is -2.27. The largest absolute Gasteiger partial charge is 0.456 e. The third kappa shape index (κ3) is 4.92. The van der Waals surface area contributed by atoms with Gasteiger partial charge < -0.3 is 4.74 Å². The molecule has 0 aliphatic rings. The molecule has 118 valence electrons. The lowest BCUT2D eigenvalue weighted by molar-refractivity contribution is -0.149. The fraction of sp³-hybridized carbons (Fsp3) is 0.200. The number of esters is 1. The van der Waals surface area contributed by atoms with Gasteiger partial charge in [0.25, 0.3) is 0 Å². The predicted molar refractivity (Wildman–Crippen MR) is 91.0 cm³/mol. The van der Waals surface area contributed by atoms with E-state index in [2.05, 4.69) is 0 Å². The number of hydrogen-bond donors (Lipinski definition) is 0. The lowest BCUT2D eigenvalue weighted by atomic mass is 10.0. The van der Waals surface area contributed by atoms with Crippen LogP contribution in [0.3, 0.4) is 0 Å². The van der Waals surface area contributed by atoms with Gasteiger partial charge in [-0.2, -0.15) is 0 Å². The summed E-state index contributed by atoms with van der Waals surface area (Å²) in [5.74, 6) is -0.959. The van der Waals surface area contributed by atoms with Gasteiger partial charge in [0.05, 0.1) is 0 Å². The van der Waals surface area contributed by atoms with Crippen LogP contribution in [0.15, 0.2) is 66.2 Å². The van der Waals surface area contributed by atoms with Crippen molar-refractivity contribution in [3.05, 3.63) is 77.4 Å². The Morgan fingerprint density at radius 2 is 1.39 bits per heavy atom. The first-order valence-electron chi connectivity index (χ1n) is 7.47. The minimum Gasteiger partial charge on any atom is -0.456 e. The molecule has 3 nitrogen and oxygen atoms in total. The van der Waals surface area contributed by atoms with E-state index < -0.39 is 11.6 Å². The fourth-order valence-corrected chi connectivity index (χ4v) is 2.01. The van der Waals surface area contributed by atoms with E-state index in [0.29, 0.717) is 5.56 Å². The molecule has 0 fully saturated rings. The Kier molecular flexibility index (Phi) is 5.12. The van der Waals surface area contributed by atoms with Gasteiger partial charge in [-0.1, -0.05) is 60.7 Å². The molecule has 0 atom stereocenters. The van der Waals surface area contributed by atoms with Crippen molar-refractivity contribution in [3.8, 4) is 0 Å². The van der Waals surface area contributed by atoms with Gasteiger partial charge in [0, 0.05) is 5.56 Å². The molecule has 0 amide bonds. The van der Waals surface area contributed by atoms with Crippen LogP contribution in [-0.4, -0.2) is 17.4 Å². The van der Waals surface area contributed by atoms with Crippen LogP contribution in [0.25, 0.3) is 6.08 Å². The minimum atomic E-state index is -0.663. The van der Waals surface area contributed by atoms with Gasteiger partial charge in [-0.25, -0.2) is 4.79 Å². The quantitative estimate of drug-likeness (QED) is 0.278. The van der Waals surface area contributed by atoms with Crippen molar-refractivity contribution in [3.63, 3.8) is 0 Å². The highest BCUT2D eigenvalue weighted by Gasteiger charge is 2.25. The second-order valence-electron chi connectivity index (χ2n) is 6.17. The molecule has 0 saturated heterocycles. The Labute approximate surface area is 136 Å². The summed E-state index contributed by atoms with van der Waals surface area (Å²) in [5, 5.41) is 0. The maximum absolute atomic E-state index is 12.7. The van der Waals surface area contributed by atoms with Gasteiger partial charge in [0.2, 0.25) is 0 Å². The molecule has 0 radical (unpaired) electrons. The number of hydrogen-bond acceptors (Lipinski definition) is 3. The fourth-order valence-electron chi connectivity index (χ4n) is 2.01. The Hall–Kier alpha value is -2.68. The first kappa shape index (κ1) is 16.7. The first-order valence-corrected chi connectivity index (χ1v) is 7.47. The van der Waals surface area contributed by atoms with E-state index in [4.69, 9.17) is 4.74 Å². The number of ether oxygens (including phenoxy) is 1. The van der Waals surface area contributed by atoms with E-state index in [-0.39, 0.29) is 11.4 Å². The van der Waals surface area contributed by atoms with Crippen molar-refractivity contribution in [2.24, 2.45) is 0 Å². The van der Waals surface area contributed by atoms with Crippen molar-refractivity contribution < 1.29 is 14.3 Å². The van der Waals surface area contributed by atoms with Crippen molar-refractivity contribution in [2.75, 3.05) is 0 Å². The molecule has 0 aliphatic heterocycles. The van der Waals surface area contributed by atoms with Gasteiger partial charge in [0.15, 0.2) is 5.78 Å². The Bertz CT molecular complexity index is 708. The number of carbonyl (C=O) groups excluding carboxylic acids is 2. The molecular formula is C20H20O3. The monoisotopic (exact) mass is 308 g/mol. The van der Waals surface area contributed by atoms with Crippen molar-refractivity contribution in [2.45, 2.75) is 26.4 Å².